The van der Waals surface area contributed by atoms with Gasteiger partial charge in [0.2, 0.25) is 0 Å². The van der Waals surface area contributed by atoms with Crippen molar-refractivity contribution in [3.05, 3.63) is 24.0 Å². The first-order valence-corrected chi connectivity index (χ1v) is 7.39. The average molecular weight is 268 g/mol. The number of para-hydroxylation sites is 1. The number of sulfone groups is 1. The number of fused-ring (bicyclic) bond motifs is 1. The molecule has 0 aliphatic heterocycles. The molecule has 18 heavy (non-hydrogen) atoms. The van der Waals surface area contributed by atoms with Crippen LogP contribution in [0.25, 0.3) is 11.0 Å². The fraction of sp³-hybridized carbons (Fsp3) is 0.417. The fourth-order valence-corrected chi connectivity index (χ4v) is 2.52. The molecule has 1 N–H and O–H groups in total. The SMILES string of the molecule is COC(C)(C)c1nc2c(S(C)(=O)=O)cccc2[nH]1. The van der Waals surface area contributed by atoms with Gasteiger partial charge >= 0.3 is 0 Å². The number of benzene rings is 1. The maximum atomic E-state index is 11.7. The van der Waals surface area contributed by atoms with Crippen molar-refractivity contribution >= 4 is 20.9 Å². The van der Waals surface area contributed by atoms with E-state index in [-0.39, 0.29) is 4.90 Å². The van der Waals surface area contributed by atoms with Gasteiger partial charge in [0, 0.05) is 13.4 Å². The van der Waals surface area contributed by atoms with Crippen molar-refractivity contribution in [2.45, 2.75) is 24.3 Å². The van der Waals surface area contributed by atoms with Crippen LogP contribution in [0.4, 0.5) is 0 Å². The summed E-state index contributed by atoms with van der Waals surface area (Å²) in [5, 5.41) is 0. The largest absolute Gasteiger partial charge is 0.371 e. The van der Waals surface area contributed by atoms with Crippen molar-refractivity contribution in [1.82, 2.24) is 9.97 Å². The molecular weight excluding hydrogens is 252 g/mol. The lowest BCUT2D eigenvalue weighted by Gasteiger charge is -2.19. The summed E-state index contributed by atoms with van der Waals surface area (Å²) in [4.78, 5) is 7.69. The predicted octanol–water partition coefficient (Wildman–Crippen LogP) is 1.85. The second kappa shape index (κ2) is 4.07. The molecule has 0 spiro atoms. The van der Waals surface area contributed by atoms with Crippen LogP contribution in [0.2, 0.25) is 0 Å². The lowest BCUT2D eigenvalue weighted by atomic mass is 10.1. The Hall–Kier alpha value is -1.40. The molecule has 0 amide bonds. The van der Waals surface area contributed by atoms with E-state index in [1.54, 1.807) is 25.3 Å². The van der Waals surface area contributed by atoms with Gasteiger partial charge in [0.05, 0.1) is 10.4 Å². The summed E-state index contributed by atoms with van der Waals surface area (Å²) in [5.74, 6) is 0.608. The minimum atomic E-state index is -3.29. The Labute approximate surface area is 106 Å². The highest BCUT2D eigenvalue weighted by Crippen LogP contribution is 2.27. The van der Waals surface area contributed by atoms with Crippen LogP contribution < -0.4 is 0 Å². The maximum Gasteiger partial charge on any atom is 0.177 e. The van der Waals surface area contributed by atoms with Crippen LogP contribution in [0.3, 0.4) is 0 Å². The zero-order chi connectivity index (χ0) is 13.6. The van der Waals surface area contributed by atoms with Crippen LogP contribution >= 0.6 is 0 Å². The zero-order valence-corrected chi connectivity index (χ0v) is 11.6. The van der Waals surface area contributed by atoms with Crippen LogP contribution in [0, 0.1) is 0 Å². The average Bonchev–Trinajstić information content (AvgIpc) is 2.71. The van der Waals surface area contributed by atoms with Gasteiger partial charge in [-0.15, -0.1) is 0 Å². The number of hydrogen-bond donors (Lipinski definition) is 1. The first-order valence-electron chi connectivity index (χ1n) is 5.50. The number of methoxy groups -OCH3 is 1. The van der Waals surface area contributed by atoms with E-state index < -0.39 is 15.4 Å². The monoisotopic (exact) mass is 268 g/mol. The first kappa shape index (κ1) is 13.0. The summed E-state index contributed by atoms with van der Waals surface area (Å²) in [7, 11) is -1.70. The van der Waals surface area contributed by atoms with Crippen molar-refractivity contribution in [2.24, 2.45) is 0 Å². The normalized spacial score (nSPS) is 13.1. The van der Waals surface area contributed by atoms with E-state index in [2.05, 4.69) is 9.97 Å². The van der Waals surface area contributed by atoms with E-state index in [1.165, 1.54) is 6.26 Å². The van der Waals surface area contributed by atoms with Gasteiger partial charge in [0.25, 0.3) is 0 Å². The Morgan fingerprint density at radius 3 is 2.56 bits per heavy atom. The van der Waals surface area contributed by atoms with Gasteiger partial charge < -0.3 is 9.72 Å². The molecule has 1 aromatic heterocycles. The summed E-state index contributed by atoms with van der Waals surface area (Å²) < 4.78 is 28.7. The third-order valence-corrected chi connectivity index (χ3v) is 4.08. The van der Waals surface area contributed by atoms with Gasteiger partial charge in [-0.3, -0.25) is 0 Å². The van der Waals surface area contributed by atoms with Crippen molar-refractivity contribution in [2.75, 3.05) is 13.4 Å². The molecule has 0 saturated carbocycles. The number of imidazole rings is 1. The number of aromatic nitrogens is 2. The highest BCUT2D eigenvalue weighted by molar-refractivity contribution is 7.91. The first-order chi connectivity index (χ1) is 8.25. The van der Waals surface area contributed by atoms with E-state index in [9.17, 15) is 8.42 Å². The molecule has 5 nitrogen and oxygen atoms in total. The van der Waals surface area contributed by atoms with Gasteiger partial charge in [0.15, 0.2) is 9.84 Å². The molecule has 0 aliphatic rings. The number of hydrogen-bond acceptors (Lipinski definition) is 4. The number of nitrogens with one attached hydrogen (secondary N) is 1. The van der Waals surface area contributed by atoms with Gasteiger partial charge in [-0.25, -0.2) is 13.4 Å². The second-order valence-corrected chi connectivity index (χ2v) is 6.71. The quantitative estimate of drug-likeness (QED) is 0.922. The van der Waals surface area contributed by atoms with E-state index in [1.807, 2.05) is 13.8 Å². The van der Waals surface area contributed by atoms with Crippen LogP contribution in [0.1, 0.15) is 19.7 Å². The topological polar surface area (TPSA) is 72.0 Å². The number of rotatable bonds is 3. The van der Waals surface area contributed by atoms with E-state index in [4.69, 9.17) is 4.74 Å². The smallest absolute Gasteiger partial charge is 0.177 e. The number of H-pyrrole nitrogens is 1. The Balaban J connectivity index is 2.74. The molecule has 98 valence electrons. The molecule has 0 saturated heterocycles. The second-order valence-electron chi connectivity index (χ2n) is 4.72. The minimum Gasteiger partial charge on any atom is -0.371 e. The Morgan fingerprint density at radius 2 is 2.00 bits per heavy atom. The fourth-order valence-electron chi connectivity index (χ4n) is 1.69. The molecular formula is C12H16N2O3S. The Kier molecular flexibility index (Phi) is 2.95. The number of nitrogens with zero attached hydrogens (tertiary/aromatic N) is 1. The van der Waals surface area contributed by atoms with Crippen molar-refractivity contribution < 1.29 is 13.2 Å². The van der Waals surface area contributed by atoms with Crippen LogP contribution in [-0.2, 0) is 20.2 Å². The van der Waals surface area contributed by atoms with E-state index in [0.717, 1.165) is 0 Å². The highest BCUT2D eigenvalue weighted by atomic mass is 32.2. The van der Waals surface area contributed by atoms with Gasteiger partial charge in [-0.1, -0.05) is 6.07 Å². The third kappa shape index (κ3) is 2.13. The predicted molar refractivity (Wildman–Crippen MR) is 69.2 cm³/mol. The van der Waals surface area contributed by atoms with Crippen LogP contribution in [0.5, 0.6) is 0 Å². The molecule has 0 aliphatic carbocycles. The summed E-state index contributed by atoms with van der Waals surface area (Å²) in [5.41, 5.74) is 0.562. The van der Waals surface area contributed by atoms with Crippen LogP contribution in [-0.4, -0.2) is 31.8 Å². The molecule has 0 unspecified atom stereocenters. The maximum absolute atomic E-state index is 11.7. The lowest BCUT2D eigenvalue weighted by Crippen LogP contribution is -2.21. The molecule has 0 bridgehead atoms. The molecule has 1 heterocycles. The summed E-state index contributed by atoms with van der Waals surface area (Å²) in [6, 6.07) is 5.05. The molecule has 0 radical (unpaired) electrons. The Morgan fingerprint density at radius 1 is 1.33 bits per heavy atom. The zero-order valence-electron chi connectivity index (χ0n) is 10.8. The van der Waals surface area contributed by atoms with E-state index >= 15 is 0 Å². The van der Waals surface area contributed by atoms with Crippen molar-refractivity contribution in [1.29, 1.82) is 0 Å². The highest BCUT2D eigenvalue weighted by Gasteiger charge is 2.25. The third-order valence-electron chi connectivity index (χ3n) is 2.96. The minimum absolute atomic E-state index is 0.231. The Bertz CT molecular complexity index is 686. The molecule has 0 fully saturated rings. The van der Waals surface area contributed by atoms with Gasteiger partial charge in [-0.2, -0.15) is 0 Å². The molecule has 1 aromatic carbocycles. The number of ether oxygens (including phenoxy) is 1. The summed E-state index contributed by atoms with van der Waals surface area (Å²) in [6.07, 6.45) is 1.18. The molecule has 2 aromatic rings. The summed E-state index contributed by atoms with van der Waals surface area (Å²) >= 11 is 0. The molecule has 2 rings (SSSR count). The van der Waals surface area contributed by atoms with Gasteiger partial charge in [0.1, 0.15) is 16.9 Å². The number of aromatic amines is 1. The summed E-state index contributed by atoms with van der Waals surface area (Å²) in [6.45, 7) is 3.73. The van der Waals surface area contributed by atoms with Gasteiger partial charge in [-0.05, 0) is 26.0 Å². The lowest BCUT2D eigenvalue weighted by molar-refractivity contribution is 0.0124. The van der Waals surface area contributed by atoms with Crippen molar-refractivity contribution in [3.8, 4) is 0 Å². The van der Waals surface area contributed by atoms with Crippen molar-refractivity contribution in [3.63, 3.8) is 0 Å². The van der Waals surface area contributed by atoms with E-state index in [0.29, 0.717) is 16.9 Å². The molecule has 0 atom stereocenters. The molecule has 6 heteroatoms. The standard InChI is InChI=1S/C12H16N2O3S/c1-12(2,17-3)11-13-8-6-5-7-9(10(8)14-11)18(4,15)16/h5-7H,1-4H3,(H,13,14). The van der Waals surface area contributed by atoms with Crippen LogP contribution in [0.15, 0.2) is 23.1 Å².